The Hall–Kier alpha value is -3.27. The third-order valence-corrected chi connectivity index (χ3v) is 5.59. The van der Waals surface area contributed by atoms with E-state index in [1.807, 2.05) is 0 Å². The number of halogens is 2. The molecule has 1 N–H and O–H groups in total. The summed E-state index contributed by atoms with van der Waals surface area (Å²) in [6.07, 6.45) is 0. The van der Waals surface area contributed by atoms with Gasteiger partial charge in [-0.2, -0.15) is 0 Å². The summed E-state index contributed by atoms with van der Waals surface area (Å²) in [4.78, 5) is 36.1. The van der Waals surface area contributed by atoms with Gasteiger partial charge >= 0.3 is 16.3 Å². The van der Waals surface area contributed by atoms with Crippen LogP contribution >= 0.6 is 23.2 Å². The highest BCUT2D eigenvalue weighted by molar-refractivity contribution is 7.81. The monoisotopic (exact) mass is 480 g/mol. The number of carbonyl (C=O) groups excluding carboxylic acids is 1. The SMILES string of the molecule is O=C(O)c1ccc([N+](=O)S(=O)(=O)Oc2ccccc2C(=O)c2ccc(Cl)cc2Cl)cc1. The number of aromatic carboxylic acids is 1. The van der Waals surface area contributed by atoms with Gasteiger partial charge in [-0.1, -0.05) is 35.3 Å². The number of benzene rings is 3. The molecule has 0 aliphatic rings. The van der Waals surface area contributed by atoms with E-state index in [2.05, 4.69) is 0 Å². The Morgan fingerprint density at radius 2 is 1.55 bits per heavy atom. The highest BCUT2D eigenvalue weighted by Gasteiger charge is 2.37. The Labute approximate surface area is 186 Å². The van der Waals surface area contributed by atoms with Gasteiger partial charge in [-0.15, -0.1) is 8.42 Å². The maximum atomic E-state index is 12.9. The van der Waals surface area contributed by atoms with Crippen molar-refractivity contribution in [2.75, 3.05) is 0 Å². The first kappa shape index (κ1) is 22.4. The van der Waals surface area contributed by atoms with Gasteiger partial charge in [0.15, 0.2) is 15.7 Å². The predicted molar refractivity (Wildman–Crippen MR) is 113 cm³/mol. The summed E-state index contributed by atoms with van der Waals surface area (Å²) in [7, 11) is -4.93. The Balaban J connectivity index is 1.93. The molecule has 0 fully saturated rings. The minimum Gasteiger partial charge on any atom is -0.478 e. The van der Waals surface area contributed by atoms with Crippen molar-refractivity contribution in [2.24, 2.45) is 0 Å². The average Bonchev–Trinajstić information content (AvgIpc) is 2.73. The summed E-state index contributed by atoms with van der Waals surface area (Å²) in [5.74, 6) is -2.27. The minimum absolute atomic E-state index is 0.0548. The zero-order valence-electron chi connectivity index (χ0n) is 15.4. The molecule has 3 aromatic carbocycles. The maximum absolute atomic E-state index is 12.9. The van der Waals surface area contributed by atoms with Gasteiger partial charge in [-0.3, -0.25) is 4.79 Å². The molecular weight excluding hydrogens is 469 g/mol. The van der Waals surface area contributed by atoms with Crippen molar-refractivity contribution >= 4 is 50.9 Å². The van der Waals surface area contributed by atoms with E-state index in [0.717, 1.165) is 24.3 Å². The quantitative estimate of drug-likeness (QED) is 0.385. The van der Waals surface area contributed by atoms with E-state index in [-0.39, 0.29) is 33.1 Å². The number of rotatable bonds is 7. The zero-order chi connectivity index (χ0) is 22.8. The Morgan fingerprint density at radius 1 is 0.903 bits per heavy atom. The average molecular weight is 481 g/mol. The number of hydrogen-bond donors (Lipinski definition) is 1. The summed E-state index contributed by atoms with van der Waals surface area (Å²) < 4.78 is 29.4. The molecule has 0 heterocycles. The van der Waals surface area contributed by atoms with Crippen LogP contribution in [-0.2, 0) is 10.3 Å². The molecular formula is C20H12Cl2NO7S+. The fraction of sp³-hybridized carbons (Fsp3) is 0. The number of nitroso groups, excluding NO2 is 1. The van der Waals surface area contributed by atoms with Crippen LogP contribution in [0.25, 0.3) is 0 Å². The van der Waals surface area contributed by atoms with Crippen molar-refractivity contribution in [2.45, 2.75) is 0 Å². The lowest BCUT2D eigenvalue weighted by molar-refractivity contribution is -0.296. The third-order valence-electron chi connectivity index (χ3n) is 4.03. The van der Waals surface area contributed by atoms with Crippen LogP contribution in [0.15, 0.2) is 66.7 Å². The molecule has 0 atom stereocenters. The summed E-state index contributed by atoms with van der Waals surface area (Å²) in [5, 5.41) is 9.26. The first-order valence-electron chi connectivity index (χ1n) is 8.44. The lowest BCUT2D eigenvalue weighted by atomic mass is 10.0. The Bertz CT molecular complexity index is 1310. The van der Waals surface area contributed by atoms with Crippen LogP contribution in [0.3, 0.4) is 0 Å². The van der Waals surface area contributed by atoms with Gasteiger partial charge in [0.05, 0.1) is 16.1 Å². The number of carbonyl (C=O) groups is 2. The van der Waals surface area contributed by atoms with Gasteiger partial charge in [-0.25, -0.2) is 4.79 Å². The van der Waals surface area contributed by atoms with Crippen molar-refractivity contribution in [3.63, 3.8) is 0 Å². The fourth-order valence-electron chi connectivity index (χ4n) is 2.55. The van der Waals surface area contributed by atoms with Gasteiger partial charge < -0.3 is 9.29 Å². The largest absolute Gasteiger partial charge is 0.612 e. The molecule has 0 aliphatic heterocycles. The van der Waals surface area contributed by atoms with Gasteiger partial charge in [0, 0.05) is 27.6 Å². The van der Waals surface area contributed by atoms with Crippen LogP contribution in [-0.4, -0.2) is 29.4 Å². The van der Waals surface area contributed by atoms with Crippen molar-refractivity contribution < 1.29 is 31.5 Å². The van der Waals surface area contributed by atoms with Gasteiger partial charge in [0.25, 0.3) is 5.69 Å². The van der Waals surface area contributed by atoms with Gasteiger partial charge in [-0.05, 0) is 42.5 Å². The van der Waals surface area contributed by atoms with Gasteiger partial charge in [0.1, 0.15) is 0 Å². The standard InChI is InChI=1S/C20H11Cl2NO7S/c21-13-7-10-15(17(22)11-13)19(24)16-3-1-2-4-18(16)30-31(28,29)23(27)14-8-5-12(6-9-14)20(25)26/h1-11H/p+1. The van der Waals surface area contributed by atoms with E-state index < -0.39 is 26.2 Å². The number of nitrogens with zero attached hydrogens (tertiary/aromatic N) is 1. The second-order valence-corrected chi connectivity index (χ2v) is 8.27. The van der Waals surface area contributed by atoms with Crippen LogP contribution in [0.2, 0.25) is 10.0 Å². The summed E-state index contributed by atoms with van der Waals surface area (Å²) in [5.41, 5.74) is -0.603. The Morgan fingerprint density at radius 3 is 2.16 bits per heavy atom. The van der Waals surface area contributed by atoms with Crippen molar-refractivity contribution in [1.82, 2.24) is 0 Å². The second kappa shape index (κ2) is 8.84. The number of carboxylic acid groups (broad SMARTS) is 1. The molecule has 0 unspecified atom stereocenters. The molecule has 0 radical (unpaired) electrons. The molecule has 11 heteroatoms. The minimum atomic E-state index is -4.93. The molecule has 0 saturated heterocycles. The molecule has 0 bridgehead atoms. The molecule has 31 heavy (non-hydrogen) atoms. The van der Waals surface area contributed by atoms with Crippen LogP contribution in [0, 0.1) is 4.91 Å². The van der Waals surface area contributed by atoms with E-state index in [1.54, 1.807) is 0 Å². The van der Waals surface area contributed by atoms with Crippen LogP contribution in [0.4, 0.5) is 5.69 Å². The maximum Gasteiger partial charge on any atom is 0.612 e. The number of carboxylic acids is 1. The molecule has 8 nitrogen and oxygen atoms in total. The Kier molecular flexibility index (Phi) is 6.40. The number of para-hydroxylation sites is 1. The lowest BCUT2D eigenvalue weighted by Crippen LogP contribution is -2.21. The lowest BCUT2D eigenvalue weighted by Gasteiger charge is -2.08. The van der Waals surface area contributed by atoms with E-state index >= 15 is 0 Å². The van der Waals surface area contributed by atoms with Crippen molar-refractivity contribution in [3.8, 4) is 5.75 Å². The first-order valence-corrected chi connectivity index (χ1v) is 10.6. The van der Waals surface area contributed by atoms with Crippen molar-refractivity contribution in [1.29, 1.82) is 0 Å². The van der Waals surface area contributed by atoms with E-state index in [9.17, 15) is 22.9 Å². The highest BCUT2D eigenvalue weighted by atomic mass is 35.5. The van der Waals surface area contributed by atoms with Crippen molar-refractivity contribution in [3.05, 3.63) is 98.4 Å². The topological polar surface area (TPSA) is 118 Å². The molecule has 0 aromatic heterocycles. The fourth-order valence-corrected chi connectivity index (χ4v) is 3.86. The first-order chi connectivity index (χ1) is 14.6. The summed E-state index contributed by atoms with van der Waals surface area (Å²) >= 11 is 11.9. The predicted octanol–water partition coefficient (Wildman–Crippen LogP) is 4.66. The molecule has 158 valence electrons. The molecule has 0 aliphatic carbocycles. The number of ketones is 1. The normalized spacial score (nSPS) is 11.0. The van der Waals surface area contributed by atoms with Gasteiger partial charge in [0.2, 0.25) is 0 Å². The van der Waals surface area contributed by atoms with Crippen LogP contribution in [0.1, 0.15) is 26.3 Å². The third kappa shape index (κ3) is 4.91. The van der Waals surface area contributed by atoms with E-state index in [4.69, 9.17) is 32.5 Å². The van der Waals surface area contributed by atoms with Crippen LogP contribution in [0.5, 0.6) is 5.75 Å². The molecule has 0 amide bonds. The second-order valence-electron chi connectivity index (χ2n) is 6.07. The zero-order valence-corrected chi connectivity index (χ0v) is 17.7. The molecule has 3 aromatic rings. The number of hydrogen-bond acceptors (Lipinski definition) is 6. The van der Waals surface area contributed by atoms with E-state index in [1.165, 1.54) is 42.5 Å². The van der Waals surface area contributed by atoms with E-state index in [0.29, 0.717) is 5.02 Å². The summed E-state index contributed by atoms with van der Waals surface area (Å²) in [6, 6.07) is 13.8. The smallest absolute Gasteiger partial charge is 0.478 e. The highest BCUT2D eigenvalue weighted by Crippen LogP contribution is 2.29. The molecule has 0 saturated carbocycles. The summed E-state index contributed by atoms with van der Waals surface area (Å²) in [6.45, 7) is 0. The molecule has 0 spiro atoms. The van der Waals surface area contributed by atoms with Crippen LogP contribution < -0.4 is 4.18 Å². The molecule has 3 rings (SSSR count).